The number of aromatic amines is 1. The number of rotatable bonds is 1. The van der Waals surface area contributed by atoms with Crippen molar-refractivity contribution in [2.45, 2.75) is 13.8 Å². The molecule has 0 amide bonds. The van der Waals surface area contributed by atoms with Gasteiger partial charge >= 0.3 is 0 Å². The van der Waals surface area contributed by atoms with Crippen LogP contribution in [0.5, 0.6) is 0 Å². The van der Waals surface area contributed by atoms with Gasteiger partial charge in [-0.1, -0.05) is 17.7 Å². The minimum absolute atomic E-state index is 0.0567. The first-order valence-corrected chi connectivity index (χ1v) is 5.19. The van der Waals surface area contributed by atoms with E-state index in [2.05, 4.69) is 9.97 Å². The van der Waals surface area contributed by atoms with Crippen LogP contribution in [-0.4, -0.2) is 9.97 Å². The van der Waals surface area contributed by atoms with Gasteiger partial charge < -0.3 is 4.98 Å². The molecule has 0 unspecified atom stereocenters. The lowest BCUT2D eigenvalue weighted by atomic mass is 10.0. The molecular weight excluding hydrogens is 214 g/mol. The maximum absolute atomic E-state index is 11.5. The Hall–Kier alpha value is -2.41. The Balaban J connectivity index is 2.78. The standard InChI is InChI=1S/C13H11N3O/c1-8-3-4-9(2)10(5-8)12-11(6-14)13(17)16-7-15-12/h3-5,7H,1-2H3,(H,15,16,17). The highest BCUT2D eigenvalue weighted by Gasteiger charge is 2.12. The van der Waals surface area contributed by atoms with Crippen LogP contribution in [0.4, 0.5) is 0 Å². The molecule has 4 nitrogen and oxygen atoms in total. The molecule has 1 heterocycles. The highest BCUT2D eigenvalue weighted by atomic mass is 16.1. The molecule has 0 bridgehead atoms. The van der Waals surface area contributed by atoms with Gasteiger partial charge in [0.05, 0.1) is 12.0 Å². The summed E-state index contributed by atoms with van der Waals surface area (Å²) in [6.07, 6.45) is 1.32. The number of benzene rings is 1. The molecular formula is C13H11N3O. The lowest BCUT2D eigenvalue weighted by Gasteiger charge is -2.07. The summed E-state index contributed by atoms with van der Waals surface area (Å²) in [5, 5.41) is 9.01. The summed E-state index contributed by atoms with van der Waals surface area (Å²) in [7, 11) is 0. The number of aryl methyl sites for hydroxylation is 2. The van der Waals surface area contributed by atoms with E-state index >= 15 is 0 Å². The van der Waals surface area contributed by atoms with Gasteiger partial charge in [0.25, 0.3) is 5.56 Å². The van der Waals surface area contributed by atoms with Crippen molar-refractivity contribution < 1.29 is 0 Å². The predicted octanol–water partition coefficient (Wildman–Crippen LogP) is 1.93. The third-order valence-corrected chi connectivity index (χ3v) is 2.61. The van der Waals surface area contributed by atoms with E-state index in [0.29, 0.717) is 5.69 Å². The summed E-state index contributed by atoms with van der Waals surface area (Å²) in [6.45, 7) is 3.89. The molecule has 2 rings (SSSR count). The minimum Gasteiger partial charge on any atom is -0.312 e. The second-order valence-electron chi connectivity index (χ2n) is 3.89. The van der Waals surface area contributed by atoms with Crippen molar-refractivity contribution in [3.05, 3.63) is 51.6 Å². The van der Waals surface area contributed by atoms with Gasteiger partial charge in [-0.25, -0.2) is 4.98 Å². The highest BCUT2D eigenvalue weighted by Crippen LogP contribution is 2.23. The van der Waals surface area contributed by atoms with Crippen LogP contribution in [0.3, 0.4) is 0 Å². The Bertz CT molecular complexity index is 665. The summed E-state index contributed by atoms with van der Waals surface area (Å²) < 4.78 is 0. The smallest absolute Gasteiger partial charge is 0.269 e. The number of H-pyrrole nitrogens is 1. The van der Waals surface area contributed by atoms with E-state index in [1.54, 1.807) is 0 Å². The second-order valence-corrected chi connectivity index (χ2v) is 3.89. The third-order valence-electron chi connectivity index (χ3n) is 2.61. The molecule has 0 atom stereocenters. The van der Waals surface area contributed by atoms with Crippen molar-refractivity contribution in [2.24, 2.45) is 0 Å². The molecule has 0 radical (unpaired) electrons. The van der Waals surface area contributed by atoms with Gasteiger partial charge in [0.1, 0.15) is 11.6 Å². The number of nitriles is 1. The summed E-state index contributed by atoms with van der Waals surface area (Å²) in [6, 6.07) is 7.77. The van der Waals surface area contributed by atoms with Crippen LogP contribution < -0.4 is 5.56 Å². The van der Waals surface area contributed by atoms with E-state index < -0.39 is 5.56 Å². The molecule has 0 spiro atoms. The van der Waals surface area contributed by atoms with Crippen molar-refractivity contribution in [3.63, 3.8) is 0 Å². The maximum atomic E-state index is 11.5. The molecule has 17 heavy (non-hydrogen) atoms. The molecule has 0 aliphatic rings. The Morgan fingerprint density at radius 1 is 1.35 bits per heavy atom. The fourth-order valence-corrected chi connectivity index (χ4v) is 1.70. The Labute approximate surface area is 98.6 Å². The molecule has 4 heteroatoms. The summed E-state index contributed by atoms with van der Waals surface area (Å²) >= 11 is 0. The number of nitrogens with zero attached hydrogens (tertiary/aromatic N) is 2. The first-order valence-electron chi connectivity index (χ1n) is 5.19. The molecule has 1 N–H and O–H groups in total. The van der Waals surface area contributed by atoms with E-state index in [1.165, 1.54) is 6.33 Å². The molecule has 0 aliphatic heterocycles. The van der Waals surface area contributed by atoms with Gasteiger partial charge in [0.2, 0.25) is 0 Å². The summed E-state index contributed by atoms with van der Waals surface area (Å²) in [4.78, 5) is 18.0. The van der Waals surface area contributed by atoms with Gasteiger partial charge in [-0.2, -0.15) is 5.26 Å². The first kappa shape index (κ1) is 11.1. The van der Waals surface area contributed by atoms with Crippen LogP contribution in [0.2, 0.25) is 0 Å². The number of hydrogen-bond acceptors (Lipinski definition) is 3. The molecule has 2 aromatic rings. The fraction of sp³-hybridized carbons (Fsp3) is 0.154. The number of nitrogens with one attached hydrogen (secondary N) is 1. The van der Waals surface area contributed by atoms with Gasteiger partial charge in [0, 0.05) is 5.56 Å². The predicted molar refractivity (Wildman–Crippen MR) is 64.5 cm³/mol. The molecule has 0 saturated heterocycles. The van der Waals surface area contributed by atoms with Crippen LogP contribution in [0, 0.1) is 25.2 Å². The molecule has 0 saturated carbocycles. The molecule has 0 fully saturated rings. The van der Waals surface area contributed by atoms with Crippen LogP contribution in [0.1, 0.15) is 16.7 Å². The van der Waals surface area contributed by atoms with Crippen LogP contribution in [0.25, 0.3) is 11.3 Å². The number of hydrogen-bond donors (Lipinski definition) is 1. The highest BCUT2D eigenvalue weighted by molar-refractivity contribution is 5.69. The quantitative estimate of drug-likeness (QED) is 0.806. The fourth-order valence-electron chi connectivity index (χ4n) is 1.70. The Kier molecular flexibility index (Phi) is 2.75. The SMILES string of the molecule is Cc1ccc(C)c(-c2nc[nH]c(=O)c2C#N)c1. The summed E-state index contributed by atoms with van der Waals surface area (Å²) in [5.41, 5.74) is 2.98. The zero-order valence-electron chi connectivity index (χ0n) is 9.61. The van der Waals surface area contributed by atoms with Crippen LogP contribution >= 0.6 is 0 Å². The van der Waals surface area contributed by atoms with E-state index in [9.17, 15) is 4.79 Å². The first-order chi connectivity index (χ1) is 8.13. The van der Waals surface area contributed by atoms with Crippen molar-refractivity contribution in [1.82, 2.24) is 9.97 Å². The molecule has 84 valence electrons. The Morgan fingerprint density at radius 3 is 2.82 bits per heavy atom. The zero-order valence-corrected chi connectivity index (χ0v) is 9.61. The van der Waals surface area contributed by atoms with Crippen LogP contribution in [-0.2, 0) is 0 Å². The average Bonchev–Trinajstić information content (AvgIpc) is 2.32. The topological polar surface area (TPSA) is 69.5 Å². The Morgan fingerprint density at radius 2 is 2.12 bits per heavy atom. The van der Waals surface area contributed by atoms with Crippen molar-refractivity contribution in [1.29, 1.82) is 5.26 Å². The lowest BCUT2D eigenvalue weighted by Crippen LogP contribution is -2.12. The normalized spacial score (nSPS) is 9.94. The lowest BCUT2D eigenvalue weighted by molar-refractivity contribution is 1.10. The van der Waals surface area contributed by atoms with Crippen molar-refractivity contribution in [2.75, 3.05) is 0 Å². The van der Waals surface area contributed by atoms with Gasteiger partial charge in [0.15, 0.2) is 0 Å². The monoisotopic (exact) mass is 225 g/mol. The van der Waals surface area contributed by atoms with Crippen molar-refractivity contribution >= 4 is 0 Å². The van der Waals surface area contributed by atoms with E-state index in [1.807, 2.05) is 38.1 Å². The largest absolute Gasteiger partial charge is 0.312 e. The van der Waals surface area contributed by atoms with Gasteiger partial charge in [-0.3, -0.25) is 4.79 Å². The molecule has 0 aliphatic carbocycles. The molecule has 1 aromatic heterocycles. The van der Waals surface area contributed by atoms with Gasteiger partial charge in [-0.15, -0.1) is 0 Å². The maximum Gasteiger partial charge on any atom is 0.269 e. The van der Waals surface area contributed by atoms with E-state index in [0.717, 1.165) is 16.7 Å². The van der Waals surface area contributed by atoms with Crippen molar-refractivity contribution in [3.8, 4) is 17.3 Å². The van der Waals surface area contributed by atoms with Crippen LogP contribution in [0.15, 0.2) is 29.3 Å². The van der Waals surface area contributed by atoms with Gasteiger partial charge in [-0.05, 0) is 25.5 Å². The average molecular weight is 225 g/mol. The summed E-state index contributed by atoms with van der Waals surface area (Å²) in [5.74, 6) is 0. The zero-order chi connectivity index (χ0) is 12.4. The molecule has 1 aromatic carbocycles. The second kappa shape index (κ2) is 4.22. The van der Waals surface area contributed by atoms with E-state index in [4.69, 9.17) is 5.26 Å². The van der Waals surface area contributed by atoms with E-state index in [-0.39, 0.29) is 5.56 Å². The number of aromatic nitrogens is 2. The minimum atomic E-state index is -0.404. The third kappa shape index (κ3) is 1.95.